The Hall–Kier alpha value is -3.17. The highest BCUT2D eigenvalue weighted by molar-refractivity contribution is 9.10. The van der Waals surface area contributed by atoms with Gasteiger partial charge in [-0.3, -0.25) is 13.9 Å². The van der Waals surface area contributed by atoms with Crippen molar-refractivity contribution in [2.24, 2.45) is 0 Å². The van der Waals surface area contributed by atoms with Crippen LogP contribution in [-0.2, 0) is 26.2 Å². The summed E-state index contributed by atoms with van der Waals surface area (Å²) in [6, 6.07) is 21.7. The molecule has 202 valence electrons. The quantitative estimate of drug-likeness (QED) is 0.362. The Morgan fingerprint density at radius 1 is 0.921 bits per heavy atom. The average Bonchev–Trinajstić information content (AvgIpc) is 2.85. The van der Waals surface area contributed by atoms with Crippen molar-refractivity contribution in [1.29, 1.82) is 0 Å². The van der Waals surface area contributed by atoms with Gasteiger partial charge in [0.15, 0.2) is 0 Å². The van der Waals surface area contributed by atoms with Crippen LogP contribution in [-0.4, -0.2) is 43.3 Å². The normalized spacial score (nSPS) is 12.5. The lowest BCUT2D eigenvalue weighted by molar-refractivity contribution is -0.140. The Labute approximate surface area is 234 Å². The van der Waals surface area contributed by atoms with E-state index in [2.05, 4.69) is 21.2 Å². The van der Waals surface area contributed by atoms with Gasteiger partial charge < -0.3 is 10.2 Å². The summed E-state index contributed by atoms with van der Waals surface area (Å²) in [6.07, 6.45) is 0. The molecule has 1 atom stereocenters. The van der Waals surface area contributed by atoms with Crippen molar-refractivity contribution in [1.82, 2.24) is 10.2 Å². The van der Waals surface area contributed by atoms with Crippen molar-refractivity contribution in [3.63, 3.8) is 0 Å². The fourth-order valence-corrected chi connectivity index (χ4v) is 5.49. The molecule has 0 heterocycles. The van der Waals surface area contributed by atoms with E-state index < -0.39 is 34.1 Å². The molecule has 38 heavy (non-hydrogen) atoms. The van der Waals surface area contributed by atoms with E-state index in [4.69, 9.17) is 0 Å². The van der Waals surface area contributed by atoms with Crippen LogP contribution in [0.25, 0.3) is 0 Å². The minimum absolute atomic E-state index is 0.0759. The molecule has 0 aliphatic heterocycles. The molecule has 7 nitrogen and oxygen atoms in total. The number of nitrogens with zero attached hydrogens (tertiary/aromatic N) is 2. The molecule has 3 aromatic rings. The number of sulfonamides is 1. The Morgan fingerprint density at radius 2 is 1.50 bits per heavy atom. The van der Waals surface area contributed by atoms with Crippen molar-refractivity contribution in [3.8, 4) is 0 Å². The molecule has 0 saturated heterocycles. The van der Waals surface area contributed by atoms with Crippen LogP contribution in [0.4, 0.5) is 5.69 Å². The third-order valence-electron chi connectivity index (χ3n) is 5.86. The third-order valence-corrected chi connectivity index (χ3v) is 8.18. The van der Waals surface area contributed by atoms with E-state index in [1.165, 1.54) is 17.0 Å². The third kappa shape index (κ3) is 7.68. The molecule has 0 bridgehead atoms. The summed E-state index contributed by atoms with van der Waals surface area (Å²) in [5, 5.41) is 2.92. The monoisotopic (exact) mass is 599 g/mol. The fourth-order valence-electron chi connectivity index (χ4n) is 3.81. The summed E-state index contributed by atoms with van der Waals surface area (Å²) in [5.74, 6) is -0.817. The first-order valence-electron chi connectivity index (χ1n) is 12.3. The maximum absolute atomic E-state index is 13.9. The van der Waals surface area contributed by atoms with E-state index in [1.54, 1.807) is 43.3 Å². The maximum Gasteiger partial charge on any atom is 0.264 e. The van der Waals surface area contributed by atoms with Crippen molar-refractivity contribution in [3.05, 3.63) is 94.5 Å². The van der Waals surface area contributed by atoms with E-state index in [0.29, 0.717) is 5.69 Å². The number of aryl methyl sites for hydroxylation is 1. The average molecular weight is 601 g/mol. The number of carbonyl (C=O) groups excluding carboxylic acids is 2. The summed E-state index contributed by atoms with van der Waals surface area (Å²) < 4.78 is 29.5. The second kappa shape index (κ2) is 12.1. The van der Waals surface area contributed by atoms with Gasteiger partial charge in [0.2, 0.25) is 11.8 Å². The molecule has 0 aliphatic carbocycles. The summed E-state index contributed by atoms with van der Waals surface area (Å²) in [7, 11) is -4.09. The van der Waals surface area contributed by atoms with Gasteiger partial charge in [0.05, 0.1) is 10.6 Å². The van der Waals surface area contributed by atoms with Crippen LogP contribution in [0.3, 0.4) is 0 Å². The predicted octanol–water partition coefficient (Wildman–Crippen LogP) is 5.28. The highest BCUT2D eigenvalue weighted by Crippen LogP contribution is 2.26. The van der Waals surface area contributed by atoms with Gasteiger partial charge in [0.1, 0.15) is 12.6 Å². The lowest BCUT2D eigenvalue weighted by atomic mass is 10.1. The molecule has 0 saturated carbocycles. The van der Waals surface area contributed by atoms with E-state index in [9.17, 15) is 18.0 Å². The molecule has 9 heteroatoms. The molecule has 3 aromatic carbocycles. The number of amides is 2. The van der Waals surface area contributed by atoms with Crippen molar-refractivity contribution >= 4 is 43.5 Å². The van der Waals surface area contributed by atoms with Gasteiger partial charge in [-0.2, -0.15) is 0 Å². The topological polar surface area (TPSA) is 86.8 Å². The number of anilines is 1. The molecule has 0 unspecified atom stereocenters. The van der Waals surface area contributed by atoms with Gasteiger partial charge in [-0.05, 0) is 76.6 Å². The number of rotatable bonds is 9. The van der Waals surface area contributed by atoms with Crippen LogP contribution < -0.4 is 9.62 Å². The van der Waals surface area contributed by atoms with Crippen LogP contribution in [0, 0.1) is 6.92 Å². The van der Waals surface area contributed by atoms with E-state index >= 15 is 0 Å². The molecular weight excluding hydrogens is 566 g/mol. The summed E-state index contributed by atoms with van der Waals surface area (Å²) in [6.45, 7) is 8.80. The van der Waals surface area contributed by atoms with Gasteiger partial charge in [-0.15, -0.1) is 0 Å². The van der Waals surface area contributed by atoms with E-state index in [1.807, 2.05) is 58.0 Å². The molecule has 2 amide bonds. The number of carbonyl (C=O) groups is 2. The Morgan fingerprint density at radius 3 is 2.05 bits per heavy atom. The molecule has 0 aliphatic rings. The van der Waals surface area contributed by atoms with Crippen LogP contribution in [0.5, 0.6) is 0 Å². The Kier molecular flexibility index (Phi) is 9.38. The molecule has 3 rings (SSSR count). The zero-order chi connectivity index (χ0) is 28.1. The highest BCUT2D eigenvalue weighted by atomic mass is 79.9. The van der Waals surface area contributed by atoms with Crippen LogP contribution >= 0.6 is 15.9 Å². The summed E-state index contributed by atoms with van der Waals surface area (Å²) >= 11 is 3.38. The second-order valence-corrected chi connectivity index (χ2v) is 13.0. The summed E-state index contributed by atoms with van der Waals surface area (Å²) in [5.41, 5.74) is 1.59. The second-order valence-electron chi connectivity index (χ2n) is 10.2. The van der Waals surface area contributed by atoms with Gasteiger partial charge in [-0.1, -0.05) is 64.0 Å². The molecule has 0 fully saturated rings. The van der Waals surface area contributed by atoms with Crippen LogP contribution in [0.15, 0.2) is 88.2 Å². The van der Waals surface area contributed by atoms with Crippen LogP contribution in [0.1, 0.15) is 38.8 Å². The fraction of sp³-hybridized carbons (Fsp3) is 0.310. The lowest BCUT2D eigenvalue weighted by Gasteiger charge is -2.33. The van der Waals surface area contributed by atoms with E-state index in [0.717, 1.165) is 19.9 Å². The van der Waals surface area contributed by atoms with Gasteiger partial charge in [-0.25, -0.2) is 8.42 Å². The highest BCUT2D eigenvalue weighted by Gasteiger charge is 2.33. The largest absolute Gasteiger partial charge is 0.350 e. The van der Waals surface area contributed by atoms with E-state index in [-0.39, 0.29) is 17.3 Å². The first-order chi connectivity index (χ1) is 17.8. The van der Waals surface area contributed by atoms with Crippen molar-refractivity contribution in [2.75, 3.05) is 10.8 Å². The van der Waals surface area contributed by atoms with Gasteiger partial charge >= 0.3 is 0 Å². The van der Waals surface area contributed by atoms with Crippen LogP contribution in [0.2, 0.25) is 0 Å². The molecule has 1 N–H and O–H groups in total. The molecule has 0 radical (unpaired) electrons. The minimum atomic E-state index is -4.09. The van der Waals surface area contributed by atoms with Gasteiger partial charge in [0.25, 0.3) is 10.0 Å². The van der Waals surface area contributed by atoms with Gasteiger partial charge in [0, 0.05) is 16.6 Å². The minimum Gasteiger partial charge on any atom is -0.350 e. The first-order valence-corrected chi connectivity index (χ1v) is 14.5. The van der Waals surface area contributed by atoms with Crippen molar-refractivity contribution in [2.45, 2.75) is 57.6 Å². The lowest BCUT2D eigenvalue weighted by Crippen LogP contribution is -2.54. The first kappa shape index (κ1) is 29.4. The number of benzene rings is 3. The smallest absolute Gasteiger partial charge is 0.264 e. The zero-order valence-electron chi connectivity index (χ0n) is 22.3. The zero-order valence-corrected chi connectivity index (χ0v) is 24.7. The van der Waals surface area contributed by atoms with Crippen molar-refractivity contribution < 1.29 is 18.0 Å². The Balaban J connectivity index is 2.02. The number of nitrogens with one attached hydrogen (secondary N) is 1. The molecule has 0 spiro atoms. The number of halogens is 1. The summed E-state index contributed by atoms with van der Waals surface area (Å²) in [4.78, 5) is 28.5. The maximum atomic E-state index is 13.9. The molecular formula is C29H34BrN3O4S. The number of hydrogen-bond acceptors (Lipinski definition) is 4. The standard InChI is InChI=1S/C29H34BrN3O4S/c1-21-11-17-26(18-12-21)38(36,37)33(25-15-13-24(30)14-16-25)20-27(34)32(19-23-9-7-6-8-10-23)22(2)28(35)31-29(3,4)5/h6-18,22H,19-20H2,1-5H3,(H,31,35)/t22-/m0/s1. The number of hydrogen-bond donors (Lipinski definition) is 1. The predicted molar refractivity (Wildman–Crippen MR) is 154 cm³/mol. The Bertz CT molecular complexity index is 1350. The SMILES string of the molecule is Cc1ccc(S(=O)(=O)N(CC(=O)N(Cc2ccccc2)[C@@H](C)C(=O)NC(C)(C)C)c2ccc(Br)cc2)cc1. The molecule has 0 aromatic heterocycles.